The topological polar surface area (TPSA) is 84.2 Å². The molecule has 2 aromatic carbocycles. The van der Waals surface area contributed by atoms with E-state index in [9.17, 15) is 9.59 Å². The van der Waals surface area contributed by atoms with Gasteiger partial charge in [-0.1, -0.05) is 29.8 Å². The van der Waals surface area contributed by atoms with Crippen molar-refractivity contribution in [1.29, 1.82) is 0 Å². The Bertz CT molecular complexity index is 1020. The average Bonchev–Trinajstić information content (AvgIpc) is 2.99. The molecule has 3 rings (SSSR count). The Morgan fingerprint density at radius 3 is 2.28 bits per heavy atom. The van der Waals surface area contributed by atoms with Crippen LogP contribution in [0.3, 0.4) is 0 Å². The van der Waals surface area contributed by atoms with Crippen LogP contribution < -0.4 is 5.32 Å². The van der Waals surface area contributed by atoms with E-state index in [-0.39, 0.29) is 12.3 Å². The first-order valence-corrected chi connectivity index (χ1v) is 9.56. The van der Waals surface area contributed by atoms with Crippen molar-refractivity contribution in [2.45, 2.75) is 40.2 Å². The summed E-state index contributed by atoms with van der Waals surface area (Å²) in [6, 6.07) is 15.3. The summed E-state index contributed by atoms with van der Waals surface area (Å²) in [6.07, 6.45) is 0.528. The van der Waals surface area contributed by atoms with Crippen LogP contribution in [0.5, 0.6) is 0 Å². The van der Waals surface area contributed by atoms with Crippen LogP contribution >= 0.6 is 0 Å². The van der Waals surface area contributed by atoms with E-state index in [0.717, 1.165) is 28.2 Å². The molecule has 6 nitrogen and oxygen atoms in total. The number of aryl methyl sites for hydroxylation is 2. The van der Waals surface area contributed by atoms with E-state index < -0.39 is 5.97 Å². The number of carbonyl (C=O) groups excluding carboxylic acids is 1. The number of amides is 1. The molecule has 1 heterocycles. The average molecular weight is 391 g/mol. The van der Waals surface area contributed by atoms with E-state index >= 15 is 0 Å². The zero-order valence-corrected chi connectivity index (χ0v) is 16.9. The molecule has 0 saturated carbocycles. The molecule has 29 heavy (non-hydrogen) atoms. The van der Waals surface area contributed by atoms with Crippen molar-refractivity contribution in [1.82, 2.24) is 15.1 Å². The zero-order valence-electron chi connectivity index (χ0n) is 16.9. The van der Waals surface area contributed by atoms with Crippen molar-refractivity contribution in [3.63, 3.8) is 0 Å². The molecule has 0 aliphatic rings. The van der Waals surface area contributed by atoms with Crippen LogP contribution in [0.4, 0.5) is 0 Å². The zero-order chi connectivity index (χ0) is 21.0. The standard InChI is InChI=1S/C23H25N3O3/c1-15-4-6-18(7-5-15)14-24-23(29)19-8-10-20(11-9-19)26-17(3)21(16(2)25-26)12-13-22(27)28/h4-11H,12-14H2,1-3H3,(H,24,29)(H,27,28). The number of carboxylic acid groups (broad SMARTS) is 1. The Kier molecular flexibility index (Phi) is 6.12. The number of benzene rings is 2. The second kappa shape index (κ2) is 8.73. The molecule has 0 bridgehead atoms. The number of hydrogen-bond donors (Lipinski definition) is 2. The van der Waals surface area contributed by atoms with Gasteiger partial charge in [0, 0.05) is 24.2 Å². The summed E-state index contributed by atoms with van der Waals surface area (Å²) in [5.41, 5.74) is 6.34. The van der Waals surface area contributed by atoms with Gasteiger partial charge in [0.05, 0.1) is 11.4 Å². The van der Waals surface area contributed by atoms with Crippen LogP contribution in [-0.2, 0) is 17.8 Å². The Hall–Kier alpha value is -3.41. The number of carboxylic acids is 1. The third kappa shape index (κ3) is 4.90. The van der Waals surface area contributed by atoms with Crippen LogP contribution in [0, 0.1) is 20.8 Å². The first kappa shape index (κ1) is 20.3. The highest BCUT2D eigenvalue weighted by molar-refractivity contribution is 5.94. The van der Waals surface area contributed by atoms with Gasteiger partial charge in [0.2, 0.25) is 0 Å². The fraction of sp³-hybridized carbons (Fsp3) is 0.261. The fourth-order valence-electron chi connectivity index (χ4n) is 3.26. The lowest BCUT2D eigenvalue weighted by atomic mass is 10.1. The molecule has 0 aliphatic heterocycles. The van der Waals surface area contributed by atoms with Gasteiger partial charge in [-0.25, -0.2) is 4.68 Å². The van der Waals surface area contributed by atoms with Gasteiger partial charge in [-0.15, -0.1) is 0 Å². The second-order valence-corrected chi connectivity index (χ2v) is 7.17. The van der Waals surface area contributed by atoms with Gasteiger partial charge >= 0.3 is 5.97 Å². The summed E-state index contributed by atoms with van der Waals surface area (Å²) >= 11 is 0. The molecular formula is C23H25N3O3. The molecule has 0 unspecified atom stereocenters. The third-order valence-electron chi connectivity index (χ3n) is 4.98. The summed E-state index contributed by atoms with van der Waals surface area (Å²) in [5, 5.41) is 16.4. The van der Waals surface area contributed by atoms with Crippen molar-refractivity contribution in [3.05, 3.63) is 82.2 Å². The number of carbonyl (C=O) groups is 2. The lowest BCUT2D eigenvalue weighted by Gasteiger charge is -2.08. The number of hydrogen-bond acceptors (Lipinski definition) is 3. The highest BCUT2D eigenvalue weighted by Crippen LogP contribution is 2.20. The van der Waals surface area contributed by atoms with Crippen LogP contribution in [0.15, 0.2) is 48.5 Å². The molecular weight excluding hydrogens is 366 g/mol. The molecule has 0 aliphatic carbocycles. The first-order chi connectivity index (χ1) is 13.8. The Morgan fingerprint density at radius 2 is 1.66 bits per heavy atom. The molecule has 1 aromatic heterocycles. The smallest absolute Gasteiger partial charge is 0.303 e. The molecule has 0 fully saturated rings. The lowest BCUT2D eigenvalue weighted by Crippen LogP contribution is -2.22. The molecule has 2 N–H and O–H groups in total. The first-order valence-electron chi connectivity index (χ1n) is 9.56. The highest BCUT2D eigenvalue weighted by Gasteiger charge is 2.14. The second-order valence-electron chi connectivity index (χ2n) is 7.17. The van der Waals surface area contributed by atoms with Crippen molar-refractivity contribution in [2.24, 2.45) is 0 Å². The minimum atomic E-state index is -0.822. The minimum absolute atomic E-state index is 0.0769. The maximum atomic E-state index is 12.4. The van der Waals surface area contributed by atoms with Crippen molar-refractivity contribution in [3.8, 4) is 5.69 Å². The number of aromatic nitrogens is 2. The molecule has 150 valence electrons. The van der Waals surface area contributed by atoms with Crippen LogP contribution in [0.2, 0.25) is 0 Å². The minimum Gasteiger partial charge on any atom is -0.481 e. The summed E-state index contributed by atoms with van der Waals surface area (Å²) in [6.45, 7) is 6.32. The van der Waals surface area contributed by atoms with E-state index in [1.54, 1.807) is 16.8 Å². The quantitative estimate of drug-likeness (QED) is 0.642. The van der Waals surface area contributed by atoms with Gasteiger partial charge in [0.25, 0.3) is 5.91 Å². The summed E-state index contributed by atoms with van der Waals surface area (Å²) < 4.78 is 1.79. The van der Waals surface area contributed by atoms with Gasteiger partial charge in [0.15, 0.2) is 0 Å². The molecule has 0 radical (unpaired) electrons. The largest absolute Gasteiger partial charge is 0.481 e. The maximum Gasteiger partial charge on any atom is 0.303 e. The van der Waals surface area contributed by atoms with Crippen molar-refractivity contribution >= 4 is 11.9 Å². The molecule has 0 atom stereocenters. The number of rotatable bonds is 7. The van der Waals surface area contributed by atoms with Crippen molar-refractivity contribution in [2.75, 3.05) is 0 Å². The number of aliphatic carboxylic acids is 1. The summed E-state index contributed by atoms with van der Waals surface area (Å²) in [5.74, 6) is -0.954. The number of nitrogens with zero attached hydrogens (tertiary/aromatic N) is 2. The molecule has 3 aromatic rings. The van der Waals surface area contributed by atoms with Crippen LogP contribution in [-0.4, -0.2) is 26.8 Å². The van der Waals surface area contributed by atoms with Crippen molar-refractivity contribution < 1.29 is 14.7 Å². The summed E-state index contributed by atoms with van der Waals surface area (Å²) in [4.78, 5) is 23.3. The Morgan fingerprint density at radius 1 is 1.00 bits per heavy atom. The van der Waals surface area contributed by atoms with Gasteiger partial charge in [-0.05, 0) is 62.6 Å². The molecule has 0 saturated heterocycles. The maximum absolute atomic E-state index is 12.4. The van der Waals surface area contributed by atoms with Gasteiger partial charge in [-0.3, -0.25) is 9.59 Å². The van der Waals surface area contributed by atoms with Gasteiger partial charge in [-0.2, -0.15) is 5.10 Å². The van der Waals surface area contributed by atoms with Gasteiger partial charge < -0.3 is 10.4 Å². The third-order valence-corrected chi connectivity index (χ3v) is 4.98. The number of nitrogens with one attached hydrogen (secondary N) is 1. The Balaban J connectivity index is 1.69. The normalized spacial score (nSPS) is 10.7. The van der Waals surface area contributed by atoms with E-state index in [0.29, 0.717) is 18.5 Å². The highest BCUT2D eigenvalue weighted by atomic mass is 16.4. The molecule has 1 amide bonds. The molecule has 0 spiro atoms. The monoisotopic (exact) mass is 391 g/mol. The van der Waals surface area contributed by atoms with Crippen LogP contribution in [0.1, 0.15) is 44.9 Å². The predicted molar refractivity (Wildman–Crippen MR) is 111 cm³/mol. The van der Waals surface area contributed by atoms with Crippen LogP contribution in [0.25, 0.3) is 5.69 Å². The van der Waals surface area contributed by atoms with E-state index in [4.69, 9.17) is 5.11 Å². The Labute approximate surface area is 170 Å². The van der Waals surface area contributed by atoms with Gasteiger partial charge in [0.1, 0.15) is 0 Å². The fourth-order valence-corrected chi connectivity index (χ4v) is 3.26. The SMILES string of the molecule is Cc1ccc(CNC(=O)c2ccc(-n3nc(C)c(CCC(=O)O)c3C)cc2)cc1. The lowest BCUT2D eigenvalue weighted by molar-refractivity contribution is -0.136. The van der Waals surface area contributed by atoms with E-state index in [2.05, 4.69) is 10.4 Å². The van der Waals surface area contributed by atoms with E-state index in [1.165, 1.54) is 5.56 Å². The van der Waals surface area contributed by atoms with E-state index in [1.807, 2.05) is 57.2 Å². The summed E-state index contributed by atoms with van der Waals surface area (Å²) in [7, 11) is 0. The molecule has 6 heteroatoms. The predicted octanol–water partition coefficient (Wildman–Crippen LogP) is 3.74.